The number of carbonyl (C=O) groups is 1. The molecule has 5 nitrogen and oxygen atoms in total. The van der Waals surface area contributed by atoms with E-state index < -0.39 is 0 Å². The smallest absolute Gasteiger partial charge is 0.234 e. The Bertz CT molecular complexity index is 889. The van der Waals surface area contributed by atoms with Crippen LogP contribution in [0.25, 0.3) is 0 Å². The number of nitrogens with zero attached hydrogens (tertiary/aromatic N) is 1. The maximum atomic E-state index is 12.8. The first-order valence-corrected chi connectivity index (χ1v) is 11.4. The second kappa shape index (κ2) is 9.43. The molecule has 2 aromatic heterocycles. The molecule has 0 unspecified atom stereocenters. The zero-order valence-corrected chi connectivity index (χ0v) is 17.9. The second-order valence-electron chi connectivity index (χ2n) is 7.00. The van der Waals surface area contributed by atoms with Crippen LogP contribution in [0.1, 0.15) is 28.3 Å². The maximum Gasteiger partial charge on any atom is 0.234 e. The summed E-state index contributed by atoms with van der Waals surface area (Å²) in [7, 11) is 0. The van der Waals surface area contributed by atoms with Crippen molar-refractivity contribution in [2.75, 3.05) is 19.8 Å². The van der Waals surface area contributed by atoms with Crippen LogP contribution < -0.4 is 14.8 Å². The molecule has 1 aliphatic rings. The second-order valence-corrected chi connectivity index (χ2v) is 9.06. The summed E-state index contributed by atoms with van der Waals surface area (Å²) in [6.45, 7) is 5.00. The van der Waals surface area contributed by atoms with E-state index in [4.69, 9.17) is 9.47 Å². The Kier molecular flexibility index (Phi) is 6.49. The Balaban J connectivity index is 1.39. The molecule has 3 heterocycles. The fourth-order valence-electron chi connectivity index (χ4n) is 3.32. The van der Waals surface area contributed by atoms with Crippen molar-refractivity contribution in [2.24, 2.45) is 0 Å². The van der Waals surface area contributed by atoms with Gasteiger partial charge in [0.2, 0.25) is 5.91 Å². The lowest BCUT2D eigenvalue weighted by Gasteiger charge is -2.23. The van der Waals surface area contributed by atoms with E-state index in [2.05, 4.69) is 33.1 Å². The van der Waals surface area contributed by atoms with Gasteiger partial charge >= 0.3 is 0 Å². The summed E-state index contributed by atoms with van der Waals surface area (Å²) >= 11 is 3.44. The van der Waals surface area contributed by atoms with Gasteiger partial charge in [-0.1, -0.05) is 18.2 Å². The first kappa shape index (κ1) is 19.9. The Morgan fingerprint density at radius 2 is 1.69 bits per heavy atom. The number of rotatable bonds is 8. The van der Waals surface area contributed by atoms with Gasteiger partial charge in [0.1, 0.15) is 13.2 Å². The van der Waals surface area contributed by atoms with Crippen LogP contribution >= 0.6 is 22.7 Å². The van der Waals surface area contributed by atoms with Gasteiger partial charge in [0.05, 0.1) is 12.6 Å². The average Bonchev–Trinajstić information content (AvgIpc) is 3.41. The van der Waals surface area contributed by atoms with E-state index >= 15 is 0 Å². The molecule has 3 aromatic rings. The number of nitrogens with one attached hydrogen (secondary N) is 1. The topological polar surface area (TPSA) is 50.8 Å². The van der Waals surface area contributed by atoms with Crippen LogP contribution in [0.2, 0.25) is 0 Å². The Labute approximate surface area is 178 Å². The van der Waals surface area contributed by atoms with Crippen molar-refractivity contribution in [2.45, 2.75) is 26.1 Å². The lowest BCUT2D eigenvalue weighted by molar-refractivity contribution is -0.123. The number of hydrogen-bond donors (Lipinski definition) is 1. The standard InChI is InChI=1S/C22H24N2O3S2/c1-16(17-6-7-20-21(12-17)27-9-8-26-20)23-22(25)15-24(13-18-4-2-10-28-18)14-19-5-3-11-29-19/h2-7,10-12,16H,8-9,13-15H2,1H3,(H,23,25)/t16-/m0/s1. The Morgan fingerprint density at radius 1 is 1.03 bits per heavy atom. The summed E-state index contributed by atoms with van der Waals surface area (Å²) in [5.41, 5.74) is 1.01. The van der Waals surface area contributed by atoms with Crippen LogP contribution in [0.4, 0.5) is 0 Å². The van der Waals surface area contributed by atoms with Crippen LogP contribution in [0.5, 0.6) is 11.5 Å². The monoisotopic (exact) mass is 428 g/mol. The molecule has 1 aliphatic heterocycles. The van der Waals surface area contributed by atoms with Crippen molar-refractivity contribution in [1.82, 2.24) is 10.2 Å². The first-order valence-electron chi connectivity index (χ1n) is 9.63. The van der Waals surface area contributed by atoms with Crippen molar-refractivity contribution in [3.63, 3.8) is 0 Å². The minimum atomic E-state index is -0.108. The van der Waals surface area contributed by atoms with Gasteiger partial charge in [-0.15, -0.1) is 22.7 Å². The minimum absolute atomic E-state index is 0.0144. The molecule has 0 bridgehead atoms. The molecule has 4 rings (SSSR count). The van der Waals surface area contributed by atoms with Gasteiger partial charge in [-0.3, -0.25) is 9.69 Å². The summed E-state index contributed by atoms with van der Waals surface area (Å²) in [5, 5.41) is 7.27. The van der Waals surface area contributed by atoms with Crippen LogP contribution in [0.3, 0.4) is 0 Å². The molecule has 1 atom stereocenters. The van der Waals surface area contributed by atoms with E-state index in [0.717, 1.165) is 30.2 Å². The Morgan fingerprint density at radius 3 is 2.31 bits per heavy atom. The molecule has 29 heavy (non-hydrogen) atoms. The van der Waals surface area contributed by atoms with Crippen molar-refractivity contribution >= 4 is 28.6 Å². The lowest BCUT2D eigenvalue weighted by Crippen LogP contribution is -2.37. The zero-order valence-electron chi connectivity index (χ0n) is 16.3. The highest BCUT2D eigenvalue weighted by Gasteiger charge is 2.18. The predicted molar refractivity (Wildman–Crippen MR) is 117 cm³/mol. The van der Waals surface area contributed by atoms with Crippen molar-refractivity contribution < 1.29 is 14.3 Å². The average molecular weight is 429 g/mol. The van der Waals surface area contributed by atoms with Crippen molar-refractivity contribution in [1.29, 1.82) is 0 Å². The molecule has 1 N–H and O–H groups in total. The van der Waals surface area contributed by atoms with Crippen LogP contribution in [-0.4, -0.2) is 30.6 Å². The number of hydrogen-bond acceptors (Lipinski definition) is 6. The van der Waals surface area contributed by atoms with Gasteiger partial charge in [-0.2, -0.15) is 0 Å². The fourth-order valence-corrected chi connectivity index (χ4v) is 4.81. The Hall–Kier alpha value is -2.35. The molecule has 0 saturated heterocycles. The molecular weight excluding hydrogens is 404 g/mol. The van der Waals surface area contributed by atoms with Crippen molar-refractivity contribution in [3.8, 4) is 11.5 Å². The van der Waals surface area contributed by atoms with E-state index in [1.165, 1.54) is 9.75 Å². The molecule has 0 fully saturated rings. The lowest BCUT2D eigenvalue weighted by atomic mass is 10.1. The molecule has 0 saturated carbocycles. The van der Waals surface area contributed by atoms with E-state index in [-0.39, 0.29) is 11.9 Å². The van der Waals surface area contributed by atoms with E-state index in [0.29, 0.717) is 19.8 Å². The van der Waals surface area contributed by atoms with Gasteiger partial charge in [0.15, 0.2) is 11.5 Å². The quantitative estimate of drug-likeness (QED) is 0.576. The van der Waals surface area contributed by atoms with Gasteiger partial charge in [0, 0.05) is 22.8 Å². The van der Waals surface area contributed by atoms with Gasteiger partial charge in [-0.05, 0) is 47.5 Å². The maximum absolute atomic E-state index is 12.8. The number of benzene rings is 1. The van der Waals surface area contributed by atoms with E-state index in [1.807, 2.05) is 37.3 Å². The highest BCUT2D eigenvalue weighted by atomic mass is 32.1. The molecule has 0 spiro atoms. The number of fused-ring (bicyclic) bond motifs is 1. The van der Waals surface area contributed by atoms with Gasteiger partial charge < -0.3 is 14.8 Å². The largest absolute Gasteiger partial charge is 0.486 e. The van der Waals surface area contributed by atoms with Crippen LogP contribution in [-0.2, 0) is 17.9 Å². The third-order valence-electron chi connectivity index (χ3n) is 4.73. The molecule has 0 radical (unpaired) electrons. The summed E-state index contributed by atoms with van der Waals surface area (Å²) in [5.74, 6) is 1.52. The number of carbonyl (C=O) groups excluding carboxylic acids is 1. The zero-order chi connectivity index (χ0) is 20.1. The third-order valence-corrected chi connectivity index (χ3v) is 6.45. The molecule has 152 valence electrons. The molecule has 1 amide bonds. The highest BCUT2D eigenvalue weighted by Crippen LogP contribution is 2.32. The van der Waals surface area contributed by atoms with Gasteiger partial charge in [0.25, 0.3) is 0 Å². The number of ether oxygens (including phenoxy) is 2. The summed E-state index contributed by atoms with van der Waals surface area (Å²) in [6, 6.07) is 14.1. The molecular formula is C22H24N2O3S2. The van der Waals surface area contributed by atoms with Crippen LogP contribution in [0, 0.1) is 0 Å². The molecule has 1 aromatic carbocycles. The fraction of sp³-hybridized carbons (Fsp3) is 0.318. The summed E-state index contributed by atoms with van der Waals surface area (Å²) in [4.78, 5) is 17.5. The summed E-state index contributed by atoms with van der Waals surface area (Å²) < 4.78 is 11.2. The summed E-state index contributed by atoms with van der Waals surface area (Å²) in [6.07, 6.45) is 0. The molecule has 7 heteroatoms. The highest BCUT2D eigenvalue weighted by molar-refractivity contribution is 7.10. The van der Waals surface area contributed by atoms with E-state index in [1.54, 1.807) is 22.7 Å². The van der Waals surface area contributed by atoms with Crippen molar-refractivity contribution in [3.05, 3.63) is 68.5 Å². The number of thiophene rings is 2. The normalized spacial score (nSPS) is 14.0. The minimum Gasteiger partial charge on any atom is -0.486 e. The molecule has 0 aliphatic carbocycles. The third kappa shape index (κ3) is 5.38. The predicted octanol–water partition coefficient (Wildman–Crippen LogP) is 4.46. The number of amides is 1. The van der Waals surface area contributed by atoms with Crippen LogP contribution in [0.15, 0.2) is 53.2 Å². The first-order chi connectivity index (χ1) is 14.2. The van der Waals surface area contributed by atoms with E-state index in [9.17, 15) is 4.79 Å². The van der Waals surface area contributed by atoms with Gasteiger partial charge in [-0.25, -0.2) is 0 Å². The SMILES string of the molecule is C[C@H](NC(=O)CN(Cc1cccs1)Cc1cccs1)c1ccc2c(c1)OCCO2.